The van der Waals surface area contributed by atoms with Crippen molar-refractivity contribution < 1.29 is 9.59 Å². The molecule has 5 nitrogen and oxygen atoms in total. The minimum absolute atomic E-state index is 0.201. The molecule has 1 aromatic heterocycles. The molecule has 0 saturated heterocycles. The molecule has 0 radical (unpaired) electrons. The number of thiophene rings is 1. The van der Waals surface area contributed by atoms with Crippen LogP contribution >= 0.6 is 27.3 Å². The first-order valence-electron chi connectivity index (χ1n) is 5.03. The van der Waals surface area contributed by atoms with Crippen molar-refractivity contribution in [1.29, 1.82) is 0 Å². The van der Waals surface area contributed by atoms with Gasteiger partial charge in [-0.1, -0.05) is 22.0 Å². The van der Waals surface area contributed by atoms with Crippen LogP contribution in [-0.2, 0) is 4.79 Å². The molecule has 18 heavy (non-hydrogen) atoms. The molecule has 2 rings (SSSR count). The summed E-state index contributed by atoms with van der Waals surface area (Å²) in [6, 6.07) is 5.61. The first-order chi connectivity index (χ1) is 8.50. The Labute approximate surface area is 115 Å². The fourth-order valence-corrected chi connectivity index (χ4v) is 3.32. The Morgan fingerprint density at radius 1 is 1.39 bits per heavy atom. The number of carbonyl (C=O) groups is 2. The maximum atomic E-state index is 11.8. The zero-order chi connectivity index (χ0) is 13.3. The minimum Gasteiger partial charge on any atom is -0.397 e. The molecule has 0 unspecified atom stereocenters. The molecular weight excluding hydrogens is 318 g/mol. The predicted molar refractivity (Wildman–Crippen MR) is 75.5 cm³/mol. The van der Waals surface area contributed by atoms with Crippen LogP contribution in [0.4, 0.5) is 5.69 Å². The molecule has 0 aliphatic heterocycles. The van der Waals surface area contributed by atoms with Crippen molar-refractivity contribution in [2.75, 3.05) is 12.3 Å². The van der Waals surface area contributed by atoms with E-state index in [4.69, 9.17) is 11.5 Å². The standard InChI is InChI=1S/C11H10BrN3O2S/c12-5-2-1-3-6-8(5)9(14)10(18-6)11(17)15-4-7(13)16/h1-3H,4,14H2,(H2,13,16)(H,15,17). The van der Waals surface area contributed by atoms with Gasteiger partial charge in [-0.2, -0.15) is 0 Å². The summed E-state index contributed by atoms with van der Waals surface area (Å²) in [5.74, 6) is -0.983. The highest BCUT2D eigenvalue weighted by molar-refractivity contribution is 9.10. The first-order valence-corrected chi connectivity index (χ1v) is 6.64. The lowest BCUT2D eigenvalue weighted by atomic mass is 10.2. The van der Waals surface area contributed by atoms with Crippen LogP contribution in [0.25, 0.3) is 10.1 Å². The van der Waals surface area contributed by atoms with Gasteiger partial charge in [-0.3, -0.25) is 9.59 Å². The van der Waals surface area contributed by atoms with Gasteiger partial charge >= 0.3 is 0 Å². The van der Waals surface area contributed by atoms with E-state index in [-0.39, 0.29) is 12.5 Å². The molecule has 1 heterocycles. The van der Waals surface area contributed by atoms with Gasteiger partial charge in [0.25, 0.3) is 5.91 Å². The smallest absolute Gasteiger partial charge is 0.263 e. The largest absolute Gasteiger partial charge is 0.397 e. The van der Waals surface area contributed by atoms with E-state index in [1.807, 2.05) is 18.2 Å². The molecule has 7 heteroatoms. The average molecular weight is 328 g/mol. The Hall–Kier alpha value is -1.60. The Balaban J connectivity index is 2.40. The van der Waals surface area contributed by atoms with Gasteiger partial charge in [0.05, 0.1) is 12.2 Å². The monoisotopic (exact) mass is 327 g/mol. The lowest BCUT2D eigenvalue weighted by molar-refractivity contribution is -0.117. The van der Waals surface area contributed by atoms with Crippen molar-refractivity contribution in [2.24, 2.45) is 5.73 Å². The summed E-state index contributed by atoms with van der Waals surface area (Å²) in [5, 5.41) is 3.23. The van der Waals surface area contributed by atoms with E-state index in [1.54, 1.807) is 0 Å². The number of anilines is 1. The fraction of sp³-hybridized carbons (Fsp3) is 0.0909. The van der Waals surface area contributed by atoms with Gasteiger partial charge in [-0.05, 0) is 12.1 Å². The SMILES string of the molecule is NC(=O)CNC(=O)c1sc2cccc(Br)c2c1N. The maximum absolute atomic E-state index is 11.8. The molecule has 1 aromatic carbocycles. The number of carbonyl (C=O) groups excluding carboxylic acids is 2. The molecule has 5 N–H and O–H groups in total. The second-order valence-corrected chi connectivity index (χ2v) is 5.51. The zero-order valence-electron chi connectivity index (χ0n) is 9.20. The molecular formula is C11H10BrN3O2S. The van der Waals surface area contributed by atoms with E-state index in [1.165, 1.54) is 11.3 Å². The number of nitrogen functional groups attached to an aromatic ring is 1. The molecule has 0 saturated carbocycles. The number of hydrogen-bond acceptors (Lipinski definition) is 4. The van der Waals surface area contributed by atoms with Crippen LogP contribution in [0.15, 0.2) is 22.7 Å². The number of benzene rings is 1. The number of primary amides is 1. The van der Waals surface area contributed by atoms with E-state index < -0.39 is 5.91 Å². The van der Waals surface area contributed by atoms with Crippen LogP contribution < -0.4 is 16.8 Å². The summed E-state index contributed by atoms with van der Waals surface area (Å²) in [6.45, 7) is -0.201. The number of rotatable bonds is 3. The second-order valence-electron chi connectivity index (χ2n) is 3.61. The van der Waals surface area contributed by atoms with Gasteiger partial charge in [0.15, 0.2) is 0 Å². The topological polar surface area (TPSA) is 98.2 Å². The predicted octanol–water partition coefficient (Wildman–Crippen LogP) is 1.46. The van der Waals surface area contributed by atoms with Crippen LogP contribution in [0, 0.1) is 0 Å². The molecule has 94 valence electrons. The van der Waals surface area contributed by atoms with Gasteiger partial charge in [0, 0.05) is 14.6 Å². The van der Waals surface area contributed by atoms with Gasteiger partial charge in [0.1, 0.15) is 4.88 Å². The molecule has 0 spiro atoms. The van der Waals surface area contributed by atoms with Crippen molar-refractivity contribution in [3.63, 3.8) is 0 Å². The second kappa shape index (κ2) is 4.95. The number of fused-ring (bicyclic) bond motifs is 1. The zero-order valence-corrected chi connectivity index (χ0v) is 11.6. The lowest BCUT2D eigenvalue weighted by Gasteiger charge is -2.01. The summed E-state index contributed by atoms with van der Waals surface area (Å²) in [4.78, 5) is 22.9. The van der Waals surface area contributed by atoms with Crippen LogP contribution in [0.2, 0.25) is 0 Å². The Morgan fingerprint density at radius 3 is 2.72 bits per heavy atom. The molecule has 2 amide bonds. The fourth-order valence-electron chi connectivity index (χ4n) is 1.55. The molecule has 0 aliphatic rings. The minimum atomic E-state index is -0.593. The van der Waals surface area contributed by atoms with Gasteiger partial charge in [0.2, 0.25) is 5.91 Å². The summed E-state index contributed by atoms with van der Waals surface area (Å²) in [5.41, 5.74) is 11.3. The lowest BCUT2D eigenvalue weighted by Crippen LogP contribution is -2.33. The van der Waals surface area contributed by atoms with Gasteiger partial charge < -0.3 is 16.8 Å². The van der Waals surface area contributed by atoms with Crippen LogP contribution in [0.3, 0.4) is 0 Å². The van der Waals surface area contributed by atoms with Crippen LogP contribution in [-0.4, -0.2) is 18.4 Å². The highest BCUT2D eigenvalue weighted by Gasteiger charge is 2.17. The maximum Gasteiger partial charge on any atom is 0.263 e. The molecule has 0 fully saturated rings. The summed E-state index contributed by atoms with van der Waals surface area (Å²) in [7, 11) is 0. The normalized spacial score (nSPS) is 10.5. The highest BCUT2D eigenvalue weighted by Crippen LogP contribution is 2.37. The van der Waals surface area contributed by atoms with E-state index >= 15 is 0 Å². The first kappa shape index (κ1) is 12.8. The van der Waals surface area contributed by atoms with Crippen molar-refractivity contribution in [1.82, 2.24) is 5.32 Å². The van der Waals surface area contributed by atoms with Crippen molar-refractivity contribution in [3.05, 3.63) is 27.5 Å². The quantitative estimate of drug-likeness (QED) is 0.795. The summed E-state index contributed by atoms with van der Waals surface area (Å²) < 4.78 is 1.74. The highest BCUT2D eigenvalue weighted by atomic mass is 79.9. The van der Waals surface area contributed by atoms with Crippen LogP contribution in [0.1, 0.15) is 9.67 Å². The molecule has 0 aliphatic carbocycles. The van der Waals surface area contributed by atoms with Crippen molar-refractivity contribution >= 4 is 54.9 Å². The van der Waals surface area contributed by atoms with E-state index in [9.17, 15) is 9.59 Å². The summed E-state index contributed by atoms with van der Waals surface area (Å²) in [6.07, 6.45) is 0. The van der Waals surface area contributed by atoms with E-state index in [0.717, 1.165) is 14.6 Å². The van der Waals surface area contributed by atoms with E-state index in [2.05, 4.69) is 21.2 Å². The Bertz CT molecular complexity index is 638. The van der Waals surface area contributed by atoms with Gasteiger partial charge in [-0.15, -0.1) is 11.3 Å². The molecule has 0 atom stereocenters. The molecule has 2 aromatic rings. The van der Waals surface area contributed by atoms with Crippen molar-refractivity contribution in [2.45, 2.75) is 0 Å². The van der Waals surface area contributed by atoms with Gasteiger partial charge in [-0.25, -0.2) is 0 Å². The third-order valence-corrected chi connectivity index (χ3v) is 4.16. The number of hydrogen-bond donors (Lipinski definition) is 3. The van der Waals surface area contributed by atoms with Crippen molar-refractivity contribution in [3.8, 4) is 0 Å². The molecule has 0 bridgehead atoms. The number of amides is 2. The number of nitrogens with two attached hydrogens (primary N) is 2. The third-order valence-electron chi connectivity index (χ3n) is 2.33. The number of nitrogens with one attached hydrogen (secondary N) is 1. The van der Waals surface area contributed by atoms with E-state index in [0.29, 0.717) is 10.6 Å². The van der Waals surface area contributed by atoms with Crippen LogP contribution in [0.5, 0.6) is 0 Å². The average Bonchev–Trinajstić information content (AvgIpc) is 2.65. The Morgan fingerprint density at radius 2 is 2.11 bits per heavy atom. The third kappa shape index (κ3) is 2.32. The summed E-state index contributed by atoms with van der Waals surface area (Å²) >= 11 is 4.67. The number of halogens is 1. The Kier molecular flexibility index (Phi) is 3.53.